The maximum Gasteiger partial charge on any atom is 0.104 e. The molecular formula is C15H21N3O. The molecule has 4 heteroatoms. The van der Waals surface area contributed by atoms with E-state index in [9.17, 15) is 0 Å². The number of para-hydroxylation sites is 1. The second-order valence-electron chi connectivity index (χ2n) is 5.02. The Morgan fingerprint density at radius 3 is 2.79 bits per heavy atom. The molecule has 0 radical (unpaired) electrons. The van der Waals surface area contributed by atoms with Gasteiger partial charge < -0.3 is 15.1 Å². The summed E-state index contributed by atoms with van der Waals surface area (Å²) in [6.07, 6.45) is 3.20. The van der Waals surface area contributed by atoms with Gasteiger partial charge in [-0.25, -0.2) is 0 Å². The zero-order valence-corrected chi connectivity index (χ0v) is 11.4. The molecule has 102 valence electrons. The van der Waals surface area contributed by atoms with Gasteiger partial charge in [0, 0.05) is 44.3 Å². The third-order valence-corrected chi connectivity index (χ3v) is 3.86. The molecule has 0 bridgehead atoms. The lowest BCUT2D eigenvalue weighted by atomic mass is 10.1. The van der Waals surface area contributed by atoms with Crippen molar-refractivity contribution in [2.75, 3.05) is 39.8 Å². The van der Waals surface area contributed by atoms with Crippen LogP contribution in [-0.2, 0) is 6.42 Å². The summed E-state index contributed by atoms with van der Waals surface area (Å²) < 4.78 is 1.86. The second kappa shape index (κ2) is 5.63. The SMILES string of the molecule is COn1cc(CCN2CCNCC2)c2ccccc21. The van der Waals surface area contributed by atoms with Gasteiger partial charge in [-0.3, -0.25) is 0 Å². The highest BCUT2D eigenvalue weighted by Gasteiger charge is 2.12. The Kier molecular flexibility index (Phi) is 3.71. The molecule has 0 atom stereocenters. The molecule has 2 heterocycles. The van der Waals surface area contributed by atoms with E-state index in [0.29, 0.717) is 0 Å². The molecule has 4 nitrogen and oxygen atoms in total. The number of hydrogen-bond donors (Lipinski definition) is 1. The van der Waals surface area contributed by atoms with Crippen molar-refractivity contribution in [1.82, 2.24) is 14.9 Å². The summed E-state index contributed by atoms with van der Waals surface area (Å²) in [5, 5.41) is 4.70. The third kappa shape index (κ3) is 2.60. The predicted molar refractivity (Wildman–Crippen MR) is 77.5 cm³/mol. The minimum absolute atomic E-state index is 1.08. The molecule has 0 unspecified atom stereocenters. The van der Waals surface area contributed by atoms with Crippen LogP contribution in [0.5, 0.6) is 0 Å². The number of nitrogens with zero attached hydrogens (tertiary/aromatic N) is 2. The van der Waals surface area contributed by atoms with Crippen LogP contribution in [-0.4, -0.2) is 49.5 Å². The van der Waals surface area contributed by atoms with Gasteiger partial charge in [0.15, 0.2) is 0 Å². The monoisotopic (exact) mass is 259 g/mol. The topological polar surface area (TPSA) is 29.4 Å². The van der Waals surface area contributed by atoms with Crippen molar-refractivity contribution in [2.45, 2.75) is 6.42 Å². The Morgan fingerprint density at radius 1 is 1.21 bits per heavy atom. The number of piperazine rings is 1. The smallest absolute Gasteiger partial charge is 0.104 e. The molecule has 1 fully saturated rings. The largest absolute Gasteiger partial charge is 0.417 e. The van der Waals surface area contributed by atoms with Gasteiger partial charge in [0.2, 0.25) is 0 Å². The van der Waals surface area contributed by atoms with Crippen LogP contribution in [0.25, 0.3) is 10.9 Å². The van der Waals surface area contributed by atoms with Crippen LogP contribution < -0.4 is 10.2 Å². The van der Waals surface area contributed by atoms with E-state index in [4.69, 9.17) is 4.84 Å². The minimum atomic E-state index is 1.08. The highest BCUT2D eigenvalue weighted by molar-refractivity contribution is 5.83. The van der Waals surface area contributed by atoms with Gasteiger partial charge in [0.25, 0.3) is 0 Å². The van der Waals surface area contributed by atoms with E-state index in [1.807, 2.05) is 4.73 Å². The molecule has 0 amide bonds. The number of benzene rings is 1. The minimum Gasteiger partial charge on any atom is -0.417 e. The first-order valence-electron chi connectivity index (χ1n) is 6.95. The summed E-state index contributed by atoms with van der Waals surface area (Å²) in [6.45, 7) is 5.66. The summed E-state index contributed by atoms with van der Waals surface area (Å²) in [7, 11) is 1.71. The molecule has 3 rings (SSSR count). The molecule has 2 aromatic rings. The van der Waals surface area contributed by atoms with Crippen molar-refractivity contribution in [2.24, 2.45) is 0 Å². The summed E-state index contributed by atoms with van der Waals surface area (Å²) in [5.74, 6) is 0. The summed E-state index contributed by atoms with van der Waals surface area (Å²) in [6, 6.07) is 8.43. The molecule has 1 N–H and O–H groups in total. The van der Waals surface area contributed by atoms with E-state index in [1.54, 1.807) is 7.11 Å². The van der Waals surface area contributed by atoms with Crippen LogP contribution in [0.4, 0.5) is 0 Å². The Labute approximate surface area is 113 Å². The standard InChI is InChI=1S/C15H21N3O/c1-19-18-12-13(14-4-2-3-5-15(14)18)6-9-17-10-7-16-8-11-17/h2-5,12,16H,6-11H2,1H3. The van der Waals surface area contributed by atoms with E-state index in [-0.39, 0.29) is 0 Å². The van der Waals surface area contributed by atoms with Gasteiger partial charge in [0.1, 0.15) is 7.11 Å². The third-order valence-electron chi connectivity index (χ3n) is 3.86. The van der Waals surface area contributed by atoms with Crippen LogP contribution in [0.1, 0.15) is 5.56 Å². The first-order chi connectivity index (χ1) is 9.38. The van der Waals surface area contributed by atoms with Crippen molar-refractivity contribution >= 4 is 10.9 Å². The van der Waals surface area contributed by atoms with Crippen molar-refractivity contribution in [3.8, 4) is 0 Å². The number of aromatic nitrogens is 1. The quantitative estimate of drug-likeness (QED) is 0.893. The van der Waals surface area contributed by atoms with Crippen molar-refractivity contribution in [3.63, 3.8) is 0 Å². The number of nitrogens with one attached hydrogen (secondary N) is 1. The van der Waals surface area contributed by atoms with Gasteiger partial charge in [-0.1, -0.05) is 18.2 Å². The van der Waals surface area contributed by atoms with Crippen molar-refractivity contribution in [3.05, 3.63) is 36.0 Å². The molecule has 1 aromatic heterocycles. The van der Waals surface area contributed by atoms with E-state index in [2.05, 4.69) is 40.7 Å². The molecule has 0 spiro atoms. The van der Waals surface area contributed by atoms with Crippen LogP contribution in [0.15, 0.2) is 30.5 Å². The molecule has 1 saturated heterocycles. The Hall–Kier alpha value is -1.52. The maximum absolute atomic E-state index is 5.39. The van der Waals surface area contributed by atoms with Gasteiger partial charge in [0.05, 0.1) is 5.52 Å². The van der Waals surface area contributed by atoms with E-state index in [1.165, 1.54) is 10.9 Å². The van der Waals surface area contributed by atoms with Crippen LogP contribution in [0, 0.1) is 0 Å². The Balaban J connectivity index is 1.76. The molecule has 0 saturated carbocycles. The molecule has 0 aliphatic carbocycles. The highest BCUT2D eigenvalue weighted by atomic mass is 16.6. The average molecular weight is 259 g/mol. The highest BCUT2D eigenvalue weighted by Crippen LogP contribution is 2.21. The molecular weight excluding hydrogens is 238 g/mol. The fourth-order valence-corrected chi connectivity index (χ4v) is 2.78. The molecule has 1 aromatic carbocycles. The van der Waals surface area contributed by atoms with Gasteiger partial charge in [-0.2, -0.15) is 4.73 Å². The molecule has 1 aliphatic rings. The first kappa shape index (κ1) is 12.5. The maximum atomic E-state index is 5.39. The molecule has 19 heavy (non-hydrogen) atoms. The predicted octanol–water partition coefficient (Wildman–Crippen LogP) is 1.15. The Bertz CT molecular complexity index is 543. The van der Waals surface area contributed by atoms with E-state index in [0.717, 1.165) is 44.7 Å². The normalized spacial score (nSPS) is 16.9. The lowest BCUT2D eigenvalue weighted by Crippen LogP contribution is -2.44. The van der Waals surface area contributed by atoms with Gasteiger partial charge in [-0.05, 0) is 18.1 Å². The number of rotatable bonds is 4. The fourth-order valence-electron chi connectivity index (χ4n) is 2.78. The lowest BCUT2D eigenvalue weighted by molar-refractivity contribution is 0.178. The fraction of sp³-hybridized carbons (Fsp3) is 0.467. The summed E-state index contributed by atoms with van der Waals surface area (Å²) in [5.41, 5.74) is 2.52. The first-order valence-corrected chi connectivity index (χ1v) is 6.95. The zero-order chi connectivity index (χ0) is 13.1. The zero-order valence-electron chi connectivity index (χ0n) is 11.4. The lowest BCUT2D eigenvalue weighted by Gasteiger charge is -2.26. The average Bonchev–Trinajstić information content (AvgIpc) is 2.84. The summed E-state index contributed by atoms with van der Waals surface area (Å²) in [4.78, 5) is 7.92. The summed E-state index contributed by atoms with van der Waals surface area (Å²) >= 11 is 0. The van der Waals surface area contributed by atoms with Crippen LogP contribution in [0.3, 0.4) is 0 Å². The van der Waals surface area contributed by atoms with Gasteiger partial charge in [-0.15, -0.1) is 0 Å². The van der Waals surface area contributed by atoms with Crippen molar-refractivity contribution in [1.29, 1.82) is 0 Å². The molecule has 1 aliphatic heterocycles. The Morgan fingerprint density at radius 2 is 2.00 bits per heavy atom. The van der Waals surface area contributed by atoms with Crippen LogP contribution >= 0.6 is 0 Å². The van der Waals surface area contributed by atoms with Crippen LogP contribution in [0.2, 0.25) is 0 Å². The van der Waals surface area contributed by atoms with E-state index < -0.39 is 0 Å². The van der Waals surface area contributed by atoms with E-state index >= 15 is 0 Å². The number of hydrogen-bond acceptors (Lipinski definition) is 3. The number of fused-ring (bicyclic) bond motifs is 1. The second-order valence-corrected chi connectivity index (χ2v) is 5.02. The van der Waals surface area contributed by atoms with Crippen molar-refractivity contribution < 1.29 is 4.84 Å². The van der Waals surface area contributed by atoms with Gasteiger partial charge >= 0.3 is 0 Å².